The molecule has 3 rings (SSSR count). The second-order valence-corrected chi connectivity index (χ2v) is 8.79. The number of nitrogens with zero attached hydrogens (tertiary/aromatic N) is 1. The molecule has 0 saturated carbocycles. The Morgan fingerprint density at radius 2 is 1.86 bits per heavy atom. The summed E-state index contributed by atoms with van der Waals surface area (Å²) in [6.45, 7) is 0. The number of methoxy groups -OCH3 is 2. The van der Waals surface area contributed by atoms with Crippen molar-refractivity contribution in [1.29, 1.82) is 5.26 Å². The van der Waals surface area contributed by atoms with E-state index in [1.807, 2.05) is 6.07 Å². The molecule has 1 heterocycles. The maximum absolute atomic E-state index is 13.3. The number of amides is 2. The molecular formula is C24H19ClFN3O6S. The number of nitrogens with one attached hydrogen (secondary N) is 2. The highest BCUT2D eigenvalue weighted by Gasteiger charge is 2.44. The van der Waals surface area contributed by atoms with Gasteiger partial charge in [-0.2, -0.15) is 5.26 Å². The summed E-state index contributed by atoms with van der Waals surface area (Å²) < 4.78 is 22.8. The van der Waals surface area contributed by atoms with Crippen molar-refractivity contribution in [3.05, 3.63) is 75.0 Å². The van der Waals surface area contributed by atoms with Crippen molar-refractivity contribution in [2.45, 2.75) is 5.92 Å². The Labute approximate surface area is 214 Å². The fourth-order valence-corrected chi connectivity index (χ4v) is 4.56. The molecule has 36 heavy (non-hydrogen) atoms. The summed E-state index contributed by atoms with van der Waals surface area (Å²) in [4.78, 5) is 49.6. The van der Waals surface area contributed by atoms with E-state index in [0.29, 0.717) is 5.56 Å². The van der Waals surface area contributed by atoms with Gasteiger partial charge in [-0.3, -0.25) is 14.4 Å². The van der Waals surface area contributed by atoms with E-state index in [4.69, 9.17) is 16.3 Å². The number of ether oxygens (including phenoxy) is 2. The number of thioether (sulfide) groups is 1. The molecule has 0 aliphatic carbocycles. The summed E-state index contributed by atoms with van der Waals surface area (Å²) in [6, 6.07) is 11.6. The molecule has 0 unspecified atom stereocenters. The fourth-order valence-electron chi connectivity index (χ4n) is 3.53. The highest BCUT2D eigenvalue weighted by atomic mass is 35.5. The zero-order valence-corrected chi connectivity index (χ0v) is 20.5. The number of hydrogen-bond donors (Lipinski definition) is 2. The summed E-state index contributed by atoms with van der Waals surface area (Å²) in [5, 5.41) is 14.9. The first-order valence-corrected chi connectivity index (χ1v) is 11.7. The minimum atomic E-state index is -1.37. The van der Waals surface area contributed by atoms with Crippen molar-refractivity contribution in [3.8, 4) is 6.07 Å². The van der Waals surface area contributed by atoms with Gasteiger partial charge >= 0.3 is 11.9 Å². The molecule has 186 valence electrons. The lowest BCUT2D eigenvalue weighted by Gasteiger charge is -2.31. The third kappa shape index (κ3) is 5.84. The second kappa shape index (κ2) is 11.7. The first-order valence-electron chi connectivity index (χ1n) is 10.3. The molecule has 0 bridgehead atoms. The van der Waals surface area contributed by atoms with Gasteiger partial charge in [0.05, 0.1) is 47.2 Å². The Hall–Kier alpha value is -3.88. The van der Waals surface area contributed by atoms with Gasteiger partial charge in [-0.15, -0.1) is 0 Å². The zero-order valence-electron chi connectivity index (χ0n) is 19.0. The highest BCUT2D eigenvalue weighted by molar-refractivity contribution is 8.03. The summed E-state index contributed by atoms with van der Waals surface area (Å²) in [5.41, 5.74) is 0.959. The van der Waals surface area contributed by atoms with Crippen LogP contribution < -0.4 is 10.6 Å². The lowest BCUT2D eigenvalue weighted by atomic mass is 9.78. The lowest BCUT2D eigenvalue weighted by Crippen LogP contribution is -2.44. The maximum atomic E-state index is 13.3. The number of carbonyl (C=O) groups excluding carboxylic acids is 4. The predicted octanol–water partition coefficient (Wildman–Crippen LogP) is 3.38. The number of carbonyl (C=O) groups is 4. The number of benzene rings is 2. The smallest absolute Gasteiger partial charge is 0.337 e. The van der Waals surface area contributed by atoms with Crippen LogP contribution in [0.3, 0.4) is 0 Å². The van der Waals surface area contributed by atoms with Crippen molar-refractivity contribution in [2.24, 2.45) is 5.92 Å². The summed E-state index contributed by atoms with van der Waals surface area (Å²) in [6.07, 6.45) is 0. The number of allylic oxidation sites excluding steroid dienone is 1. The first-order chi connectivity index (χ1) is 17.2. The van der Waals surface area contributed by atoms with Crippen molar-refractivity contribution in [2.75, 3.05) is 25.3 Å². The van der Waals surface area contributed by atoms with Gasteiger partial charge in [0.25, 0.3) is 0 Å². The standard InChI is InChI=1S/C24H19ClFN3O6S/c1-34-23(32)13-5-3-12(4-6-13)19-15(10-27)22(29-21(31)20(19)24(33)35-2)36-11-18(30)28-14-7-8-17(26)16(25)9-14/h3-9,19-20H,11H2,1-2H3,(H,28,30)(H,29,31)/t19-,20-/m1/s1. The van der Waals surface area contributed by atoms with Crippen LogP contribution in [-0.4, -0.2) is 43.7 Å². The molecule has 0 spiro atoms. The molecule has 0 aromatic heterocycles. The largest absolute Gasteiger partial charge is 0.468 e. The predicted molar refractivity (Wildman–Crippen MR) is 129 cm³/mol. The van der Waals surface area contributed by atoms with Gasteiger partial charge in [-0.1, -0.05) is 35.5 Å². The molecule has 0 radical (unpaired) electrons. The molecule has 12 heteroatoms. The van der Waals surface area contributed by atoms with Gasteiger partial charge < -0.3 is 20.1 Å². The summed E-state index contributed by atoms with van der Waals surface area (Å²) >= 11 is 6.60. The van der Waals surface area contributed by atoms with Crippen molar-refractivity contribution >= 4 is 52.8 Å². The number of rotatable bonds is 7. The summed E-state index contributed by atoms with van der Waals surface area (Å²) in [5.74, 6) is -5.88. The van der Waals surface area contributed by atoms with Crippen molar-refractivity contribution in [3.63, 3.8) is 0 Å². The van der Waals surface area contributed by atoms with Crippen molar-refractivity contribution in [1.82, 2.24) is 5.32 Å². The quantitative estimate of drug-likeness (QED) is 0.410. The second-order valence-electron chi connectivity index (χ2n) is 7.40. The molecule has 2 N–H and O–H groups in total. The van der Waals surface area contributed by atoms with E-state index >= 15 is 0 Å². The van der Waals surface area contributed by atoms with Crippen LogP contribution in [0.4, 0.5) is 10.1 Å². The van der Waals surface area contributed by atoms with Gasteiger partial charge in [0.15, 0.2) is 0 Å². The number of anilines is 1. The van der Waals surface area contributed by atoms with Crippen LogP contribution in [0.25, 0.3) is 0 Å². The molecule has 9 nitrogen and oxygen atoms in total. The van der Waals surface area contributed by atoms with Gasteiger partial charge in [-0.05, 0) is 35.9 Å². The average molecular weight is 532 g/mol. The Morgan fingerprint density at radius 1 is 1.17 bits per heavy atom. The molecule has 2 aromatic carbocycles. The van der Waals surface area contributed by atoms with E-state index in [-0.39, 0.29) is 32.6 Å². The molecular weight excluding hydrogens is 513 g/mol. The normalized spacial score (nSPS) is 17.0. The van der Waals surface area contributed by atoms with Crippen LogP contribution in [0.1, 0.15) is 21.8 Å². The van der Waals surface area contributed by atoms with E-state index in [2.05, 4.69) is 15.4 Å². The van der Waals surface area contributed by atoms with Gasteiger partial charge in [0.1, 0.15) is 11.7 Å². The molecule has 2 atom stereocenters. The number of esters is 2. The third-order valence-corrected chi connectivity index (χ3v) is 6.53. The van der Waals surface area contributed by atoms with Crippen LogP contribution in [0.15, 0.2) is 53.1 Å². The Morgan fingerprint density at radius 3 is 2.44 bits per heavy atom. The lowest BCUT2D eigenvalue weighted by molar-refractivity contribution is -0.150. The van der Waals surface area contributed by atoms with E-state index in [0.717, 1.165) is 24.9 Å². The Kier molecular flexibility index (Phi) is 8.68. The SMILES string of the molecule is COC(=O)c1ccc([C@@H]2C(C#N)=C(SCC(=O)Nc3ccc(F)c(Cl)c3)NC(=O)[C@@H]2C(=O)OC)cc1. The van der Waals surface area contributed by atoms with Crippen LogP contribution in [-0.2, 0) is 23.9 Å². The Balaban J connectivity index is 1.90. The Bertz CT molecular complexity index is 1290. The number of halogens is 2. The number of nitriles is 1. The van der Waals surface area contributed by atoms with Crippen LogP contribution >= 0.6 is 23.4 Å². The van der Waals surface area contributed by atoms with Crippen molar-refractivity contribution < 1.29 is 33.0 Å². The summed E-state index contributed by atoms with van der Waals surface area (Å²) in [7, 11) is 2.36. The molecule has 2 amide bonds. The highest BCUT2D eigenvalue weighted by Crippen LogP contribution is 2.40. The third-order valence-electron chi connectivity index (χ3n) is 5.23. The van der Waals surface area contributed by atoms with Gasteiger partial charge in [0, 0.05) is 11.6 Å². The minimum Gasteiger partial charge on any atom is -0.468 e. The van der Waals surface area contributed by atoms with E-state index < -0.39 is 41.4 Å². The van der Waals surface area contributed by atoms with Crippen LogP contribution in [0.5, 0.6) is 0 Å². The average Bonchev–Trinajstić information content (AvgIpc) is 2.88. The maximum Gasteiger partial charge on any atom is 0.337 e. The zero-order chi connectivity index (χ0) is 26.4. The fraction of sp³-hybridized carbons (Fsp3) is 0.208. The molecule has 1 aliphatic rings. The number of hydrogen-bond acceptors (Lipinski definition) is 8. The molecule has 1 aliphatic heterocycles. The molecule has 2 aromatic rings. The van der Waals surface area contributed by atoms with E-state index in [9.17, 15) is 28.8 Å². The van der Waals surface area contributed by atoms with Crippen LogP contribution in [0, 0.1) is 23.1 Å². The monoisotopic (exact) mass is 531 g/mol. The minimum absolute atomic E-state index is 0.0402. The topological polar surface area (TPSA) is 135 Å². The first kappa shape index (κ1) is 26.7. The van der Waals surface area contributed by atoms with E-state index in [1.165, 1.54) is 43.5 Å². The van der Waals surface area contributed by atoms with Crippen LogP contribution in [0.2, 0.25) is 5.02 Å². The van der Waals surface area contributed by atoms with E-state index in [1.54, 1.807) is 0 Å². The molecule has 0 fully saturated rings. The van der Waals surface area contributed by atoms with Gasteiger partial charge in [0.2, 0.25) is 11.8 Å². The molecule has 0 saturated heterocycles. The van der Waals surface area contributed by atoms with Gasteiger partial charge in [-0.25, -0.2) is 9.18 Å².